The predicted octanol–water partition coefficient (Wildman–Crippen LogP) is 5.83. The van der Waals surface area contributed by atoms with Crippen molar-refractivity contribution in [2.75, 3.05) is 40.4 Å². The van der Waals surface area contributed by atoms with E-state index in [4.69, 9.17) is 33.2 Å². The molecule has 8 aliphatic rings. The van der Waals surface area contributed by atoms with Crippen LogP contribution in [0.1, 0.15) is 74.7 Å². The molecule has 8 atom stereocenters. The zero-order valence-electron chi connectivity index (χ0n) is 37.3. The number of hydrogen-bond donors (Lipinski definition) is 2. The molecule has 7 heterocycles. The number of phenols is 1. The molecule has 4 aromatic carbocycles. The minimum absolute atomic E-state index is 0.0354. The van der Waals surface area contributed by atoms with Crippen LogP contribution in [0.25, 0.3) is 6.08 Å². The number of hydrogen-bond acceptors (Lipinski definition) is 16. The van der Waals surface area contributed by atoms with Gasteiger partial charge in [-0.2, -0.15) is 5.26 Å². The van der Waals surface area contributed by atoms with Gasteiger partial charge < -0.3 is 38.3 Å². The normalized spacial score (nSPS) is 28.8. The smallest absolute Gasteiger partial charge is 0.336 e. The number of aryl methyl sites for hydroxylation is 1. The number of carbonyl (C=O) groups is 3. The minimum Gasteiger partial charge on any atom is -0.504 e. The van der Waals surface area contributed by atoms with E-state index in [1.54, 1.807) is 25.3 Å². The monoisotopic (exact) mass is 912 g/mol. The number of thioether (sulfide) groups is 1. The van der Waals surface area contributed by atoms with E-state index in [0.29, 0.717) is 76.6 Å². The van der Waals surface area contributed by atoms with Crippen molar-refractivity contribution in [3.63, 3.8) is 0 Å². The van der Waals surface area contributed by atoms with Crippen LogP contribution in [0.3, 0.4) is 0 Å². The third-order valence-corrected chi connectivity index (χ3v) is 16.2. The van der Waals surface area contributed by atoms with Gasteiger partial charge in [-0.25, -0.2) is 9.59 Å². The lowest BCUT2D eigenvalue weighted by Crippen LogP contribution is -2.71. The van der Waals surface area contributed by atoms with Crippen LogP contribution in [-0.4, -0.2) is 97.4 Å². The molecule has 16 heteroatoms. The molecule has 66 heavy (non-hydrogen) atoms. The fraction of sp³-hybridized carbons (Fsp3) is 0.400. The summed E-state index contributed by atoms with van der Waals surface area (Å²) in [7, 11) is 5.02. The van der Waals surface area contributed by atoms with Crippen LogP contribution in [0.2, 0.25) is 0 Å². The maximum atomic E-state index is 15.3. The van der Waals surface area contributed by atoms with E-state index in [-0.39, 0.29) is 35.8 Å². The largest absolute Gasteiger partial charge is 0.504 e. The van der Waals surface area contributed by atoms with E-state index in [2.05, 4.69) is 21.2 Å². The highest BCUT2D eigenvalue weighted by atomic mass is 32.2. The Kier molecular flexibility index (Phi) is 9.90. The van der Waals surface area contributed by atoms with Gasteiger partial charge in [0.2, 0.25) is 6.79 Å². The number of aromatic hydroxyl groups is 1. The fourth-order valence-corrected chi connectivity index (χ4v) is 13.6. The Morgan fingerprint density at radius 3 is 2.55 bits per heavy atom. The Hall–Kier alpha value is -6.25. The molecule has 0 amide bonds. The maximum Gasteiger partial charge on any atom is 0.336 e. The standard InChI is InChI=1S/C50H48N4O11S/c1-24-16-29-17-31-32(21-51)54-41(40(53(31)4)37(29)42(57)43(24)60-6)47-38-39(46-45(61-23-62-46)25(2)44(38)63-26(3)55)50(54)20-35(50)65-48(58)49(22-66-47)30-19-33(59-5)34(18-28(30)14-15-52-49)64-36(56)13-12-27-10-8-7-9-11-27/h7-13,16,18-19,31-32,35,40-41,47,52,57H,14-15,17,20,22-23H2,1-6H3/b13-12+/t31-,32-,35?,40+,41?,47+,49+,50?/m0/s1. The van der Waals surface area contributed by atoms with Crippen molar-refractivity contribution < 1.29 is 52.6 Å². The second-order valence-corrected chi connectivity index (χ2v) is 19.2. The molecular formula is C50H48N4O11S. The molecule has 0 radical (unpaired) electrons. The van der Waals surface area contributed by atoms with Crippen LogP contribution in [0.4, 0.5) is 0 Å². The molecule has 7 aliphatic heterocycles. The summed E-state index contributed by atoms with van der Waals surface area (Å²) in [5, 5.41) is 26.6. The van der Waals surface area contributed by atoms with Crippen LogP contribution < -0.4 is 33.7 Å². The highest BCUT2D eigenvalue weighted by Gasteiger charge is 2.75. The van der Waals surface area contributed by atoms with Crippen LogP contribution >= 0.6 is 11.8 Å². The van der Waals surface area contributed by atoms with Gasteiger partial charge in [0.15, 0.2) is 40.0 Å². The van der Waals surface area contributed by atoms with Crippen molar-refractivity contribution >= 4 is 35.7 Å². The number of esters is 3. The molecule has 1 saturated carbocycles. The first kappa shape index (κ1) is 42.4. The first-order valence-electron chi connectivity index (χ1n) is 22.0. The van der Waals surface area contributed by atoms with Crippen molar-refractivity contribution in [3.8, 4) is 46.3 Å². The van der Waals surface area contributed by atoms with Gasteiger partial charge in [-0.1, -0.05) is 36.4 Å². The highest BCUT2D eigenvalue weighted by Crippen LogP contribution is 2.72. The van der Waals surface area contributed by atoms with Crippen molar-refractivity contribution in [2.45, 2.75) is 86.6 Å². The number of nitrogens with one attached hydrogen (secondary N) is 1. The lowest BCUT2D eigenvalue weighted by Gasteiger charge is -2.62. The van der Waals surface area contributed by atoms with Crippen LogP contribution in [0, 0.1) is 25.2 Å². The number of ether oxygens (including phenoxy) is 7. The molecule has 2 saturated heterocycles. The van der Waals surface area contributed by atoms with Gasteiger partial charge in [-0.3, -0.25) is 19.9 Å². The number of carbonyl (C=O) groups excluding carboxylic acids is 3. The van der Waals surface area contributed by atoms with Gasteiger partial charge in [0.1, 0.15) is 17.9 Å². The summed E-state index contributed by atoms with van der Waals surface area (Å²) in [4.78, 5) is 46.2. The topological polar surface area (TPSA) is 178 Å². The van der Waals surface area contributed by atoms with Gasteiger partial charge >= 0.3 is 17.9 Å². The highest BCUT2D eigenvalue weighted by molar-refractivity contribution is 7.99. The number of nitrogens with zero attached hydrogens (tertiary/aromatic N) is 3. The SMILES string of the molecule is COc1cc2c(cc1OC(=O)/C=C/c1ccccc1)CCN[C@]21CS[C@@H]2c3c(OC(C)=O)c(C)c4c(c3C3(CC3OC1=O)N1C2[C@H]2c3c(cc(C)c(OC)c3O)C[C@@H]([C@@H]1C#N)N2C)OCO4. The molecule has 2 spiro atoms. The Morgan fingerprint density at radius 2 is 1.80 bits per heavy atom. The second kappa shape index (κ2) is 15.4. The number of phenolic OH excluding ortho intramolecular Hbond substituents is 1. The van der Waals surface area contributed by atoms with Crippen molar-refractivity contribution in [3.05, 3.63) is 105 Å². The van der Waals surface area contributed by atoms with Crippen molar-refractivity contribution in [2.24, 2.45) is 0 Å². The average molecular weight is 913 g/mol. The fourth-order valence-electron chi connectivity index (χ4n) is 11.9. The molecule has 4 aromatic rings. The molecular weight excluding hydrogens is 865 g/mol. The number of nitriles is 1. The van der Waals surface area contributed by atoms with Gasteiger partial charge in [-0.05, 0) is 79.8 Å². The van der Waals surface area contributed by atoms with Crippen molar-refractivity contribution in [1.29, 1.82) is 5.26 Å². The Bertz CT molecular complexity index is 2850. The zero-order valence-corrected chi connectivity index (χ0v) is 38.1. The lowest BCUT2D eigenvalue weighted by molar-refractivity contribution is -0.158. The summed E-state index contributed by atoms with van der Waals surface area (Å²) >= 11 is 1.48. The van der Waals surface area contributed by atoms with E-state index in [1.807, 2.05) is 57.3 Å². The van der Waals surface area contributed by atoms with Crippen LogP contribution in [0.15, 0.2) is 54.6 Å². The van der Waals surface area contributed by atoms with Crippen LogP contribution in [-0.2, 0) is 43.0 Å². The molecule has 2 N–H and O–H groups in total. The van der Waals surface area contributed by atoms with Gasteiger partial charge in [0.05, 0.1) is 37.1 Å². The third kappa shape index (κ3) is 5.95. The first-order chi connectivity index (χ1) is 31.9. The molecule has 0 aromatic heterocycles. The summed E-state index contributed by atoms with van der Waals surface area (Å²) in [6.07, 6.45) is 3.52. The number of fused-ring (bicyclic) bond motifs is 8. The van der Waals surface area contributed by atoms with Gasteiger partial charge in [0.25, 0.3) is 0 Å². The number of benzene rings is 4. The van der Waals surface area contributed by atoms with E-state index >= 15 is 4.79 Å². The summed E-state index contributed by atoms with van der Waals surface area (Å²) in [6, 6.07) is 15.6. The predicted molar refractivity (Wildman–Crippen MR) is 240 cm³/mol. The Morgan fingerprint density at radius 1 is 1.02 bits per heavy atom. The number of rotatable bonds is 6. The molecule has 1 aliphatic carbocycles. The third-order valence-electron chi connectivity index (χ3n) is 14.7. The Balaban J connectivity index is 1.10. The summed E-state index contributed by atoms with van der Waals surface area (Å²) < 4.78 is 43.1. The number of piperazine rings is 1. The summed E-state index contributed by atoms with van der Waals surface area (Å²) in [5.41, 5.74) is 4.02. The van der Waals surface area contributed by atoms with E-state index in [1.165, 1.54) is 31.9 Å². The molecule has 3 unspecified atom stereocenters. The van der Waals surface area contributed by atoms with E-state index < -0.39 is 58.5 Å². The van der Waals surface area contributed by atoms with E-state index in [9.17, 15) is 20.0 Å². The molecule has 340 valence electrons. The Labute approximate surface area is 385 Å². The first-order valence-corrected chi connectivity index (χ1v) is 23.1. The van der Waals surface area contributed by atoms with Crippen LogP contribution in [0.5, 0.6) is 40.2 Å². The molecule has 12 rings (SSSR count). The lowest BCUT2D eigenvalue weighted by atomic mass is 9.70. The van der Waals surface area contributed by atoms with Gasteiger partial charge in [0, 0.05) is 66.1 Å². The van der Waals surface area contributed by atoms with E-state index in [0.717, 1.165) is 22.3 Å². The number of methoxy groups -OCH3 is 2. The minimum atomic E-state index is -1.44. The number of likely N-dealkylation sites (N-methyl/N-ethyl adjacent to an activating group) is 1. The summed E-state index contributed by atoms with van der Waals surface area (Å²) in [6.45, 7) is 5.42. The zero-order chi connectivity index (χ0) is 46.0. The molecule has 15 nitrogen and oxygen atoms in total. The second-order valence-electron chi connectivity index (χ2n) is 18.1. The molecule has 3 fully saturated rings. The molecule has 4 bridgehead atoms. The average Bonchev–Trinajstić information content (AvgIpc) is 3.75. The van der Waals surface area contributed by atoms with Crippen molar-refractivity contribution in [1.82, 2.24) is 15.1 Å². The summed E-state index contributed by atoms with van der Waals surface area (Å²) in [5.74, 6) is 0.596. The quantitative estimate of drug-likeness (QED) is 0.134. The maximum absolute atomic E-state index is 15.3. The van der Waals surface area contributed by atoms with Gasteiger partial charge in [-0.15, -0.1) is 11.8 Å².